The fraction of sp³-hybridized carbons (Fsp3) is 0.222. The lowest BCUT2D eigenvalue weighted by molar-refractivity contribution is 0.449. The van der Waals surface area contributed by atoms with Gasteiger partial charge in [0.05, 0.1) is 11.4 Å². The molecule has 21 heavy (non-hydrogen) atoms. The van der Waals surface area contributed by atoms with Gasteiger partial charge in [-0.2, -0.15) is 0 Å². The Bertz CT molecular complexity index is 636. The number of nitrogens with two attached hydrogens (primary N) is 2. The molecule has 0 heterocycles. The minimum atomic E-state index is 0.319. The molecule has 0 amide bonds. The fourth-order valence-corrected chi connectivity index (χ4v) is 2.98. The van der Waals surface area contributed by atoms with Crippen LogP contribution in [0.5, 0.6) is 0 Å². The molecule has 0 saturated carbocycles. The van der Waals surface area contributed by atoms with E-state index in [-0.39, 0.29) is 0 Å². The molecule has 4 N–H and O–H groups in total. The average molecular weight is 281 g/mol. The van der Waals surface area contributed by atoms with Crippen LogP contribution in [0.25, 0.3) is 5.70 Å². The first-order chi connectivity index (χ1) is 10.0. The zero-order chi connectivity index (χ0) is 15.6. The van der Waals surface area contributed by atoms with Crippen LogP contribution >= 0.6 is 0 Å². The van der Waals surface area contributed by atoms with Crippen LogP contribution in [0.3, 0.4) is 0 Å². The largest absolute Gasteiger partial charge is 0.396 e. The third-order valence-electron chi connectivity index (χ3n) is 3.96. The second-order valence-corrected chi connectivity index (χ2v) is 5.41. The summed E-state index contributed by atoms with van der Waals surface area (Å²) in [5.41, 5.74) is 12.2. The number of allylic oxidation sites excluding steroid dienone is 3. The third kappa shape index (κ3) is 2.65. The van der Waals surface area contributed by atoms with E-state index in [4.69, 9.17) is 11.6 Å². The molecule has 110 valence electrons. The quantitative estimate of drug-likeness (QED) is 0.661. The summed E-state index contributed by atoms with van der Waals surface area (Å²) in [5.74, 6) is 6.36. The van der Waals surface area contributed by atoms with E-state index >= 15 is 0 Å². The van der Waals surface area contributed by atoms with Gasteiger partial charge in [0.15, 0.2) is 0 Å². The minimum Gasteiger partial charge on any atom is -0.396 e. The van der Waals surface area contributed by atoms with Gasteiger partial charge in [0, 0.05) is 18.2 Å². The molecule has 3 heteroatoms. The van der Waals surface area contributed by atoms with Gasteiger partial charge in [-0.05, 0) is 23.5 Å². The van der Waals surface area contributed by atoms with Gasteiger partial charge in [-0.3, -0.25) is 0 Å². The Morgan fingerprint density at radius 3 is 2.48 bits per heavy atom. The van der Waals surface area contributed by atoms with Crippen molar-refractivity contribution in [2.24, 2.45) is 17.5 Å². The second-order valence-electron chi connectivity index (χ2n) is 5.41. The zero-order valence-corrected chi connectivity index (χ0v) is 12.8. The smallest absolute Gasteiger partial charge is 0.0825 e. The molecule has 1 atom stereocenters. The first-order valence-electron chi connectivity index (χ1n) is 7.07. The third-order valence-corrected chi connectivity index (χ3v) is 3.96. The fourth-order valence-electron chi connectivity index (χ4n) is 2.98. The Morgan fingerprint density at radius 2 is 1.90 bits per heavy atom. The number of rotatable bonds is 3. The summed E-state index contributed by atoms with van der Waals surface area (Å²) in [6.07, 6.45) is 4.61. The van der Waals surface area contributed by atoms with E-state index in [2.05, 4.69) is 26.1 Å². The Kier molecular flexibility index (Phi) is 4.34. The van der Waals surface area contributed by atoms with Crippen molar-refractivity contribution < 1.29 is 0 Å². The highest BCUT2D eigenvalue weighted by atomic mass is 15.4. The molecule has 1 unspecified atom stereocenters. The number of hydrazine groups is 1. The Balaban J connectivity index is 2.85. The number of hydrogen-bond donors (Lipinski definition) is 2. The van der Waals surface area contributed by atoms with Crippen molar-refractivity contribution in [3.63, 3.8) is 0 Å². The van der Waals surface area contributed by atoms with Crippen molar-refractivity contribution in [2.75, 3.05) is 7.05 Å². The molecule has 0 radical (unpaired) electrons. The van der Waals surface area contributed by atoms with Gasteiger partial charge in [0.1, 0.15) is 0 Å². The predicted molar refractivity (Wildman–Crippen MR) is 89.8 cm³/mol. The standard InChI is InChI=1S/C18H23N3/c1-5-14-12(3)11-13-9-7-8-10-16(13)17(19)18(21(4)20)15(14)6-2/h5-10,12H,1-2,11,19-20H2,3-4H3/b15-14-,18-17-. The van der Waals surface area contributed by atoms with Crippen LogP contribution in [0.15, 0.2) is 66.4 Å². The maximum atomic E-state index is 6.43. The van der Waals surface area contributed by atoms with E-state index in [9.17, 15) is 0 Å². The topological polar surface area (TPSA) is 55.3 Å². The highest BCUT2D eigenvalue weighted by Gasteiger charge is 2.23. The molecule has 0 spiro atoms. The maximum Gasteiger partial charge on any atom is 0.0825 e. The lowest BCUT2D eigenvalue weighted by atomic mass is 9.83. The first-order valence-corrected chi connectivity index (χ1v) is 7.07. The predicted octanol–water partition coefficient (Wildman–Crippen LogP) is 2.98. The van der Waals surface area contributed by atoms with Crippen molar-refractivity contribution in [3.8, 4) is 0 Å². The van der Waals surface area contributed by atoms with Gasteiger partial charge in [-0.15, -0.1) is 0 Å². The molecule has 0 fully saturated rings. The van der Waals surface area contributed by atoms with Crippen molar-refractivity contribution >= 4 is 5.70 Å². The lowest BCUT2D eigenvalue weighted by Crippen LogP contribution is -2.30. The van der Waals surface area contributed by atoms with Crippen LogP contribution < -0.4 is 11.6 Å². The highest BCUT2D eigenvalue weighted by molar-refractivity contribution is 5.74. The van der Waals surface area contributed by atoms with E-state index in [0.29, 0.717) is 11.6 Å². The van der Waals surface area contributed by atoms with Crippen LogP contribution in [-0.4, -0.2) is 12.1 Å². The van der Waals surface area contributed by atoms with Crippen LogP contribution in [0.2, 0.25) is 0 Å². The Labute approximate surface area is 126 Å². The van der Waals surface area contributed by atoms with Crippen LogP contribution in [0, 0.1) is 5.92 Å². The van der Waals surface area contributed by atoms with Crippen LogP contribution in [0.4, 0.5) is 0 Å². The van der Waals surface area contributed by atoms with E-state index in [0.717, 1.165) is 28.8 Å². The molecular formula is C18H23N3. The van der Waals surface area contributed by atoms with E-state index in [1.54, 1.807) is 12.1 Å². The van der Waals surface area contributed by atoms with Crippen LogP contribution in [-0.2, 0) is 6.42 Å². The van der Waals surface area contributed by atoms with E-state index in [1.165, 1.54) is 5.56 Å². The number of fused-ring (bicyclic) bond motifs is 1. The summed E-state index contributed by atoms with van der Waals surface area (Å²) in [6, 6.07) is 8.20. The highest BCUT2D eigenvalue weighted by Crippen LogP contribution is 2.34. The molecule has 0 aliphatic heterocycles. The molecule has 1 aromatic rings. The molecule has 3 nitrogen and oxygen atoms in total. The molecule has 0 aromatic heterocycles. The normalized spacial score (nSPS) is 25.6. The molecule has 0 bridgehead atoms. The average Bonchev–Trinajstić information content (AvgIpc) is 2.45. The SMILES string of the molecule is C=CC1=C(\C=C)C(C)Cc2ccccc2/C(N)=C\1N(C)N. The Hall–Kier alpha value is -2.26. The molecule has 0 saturated heterocycles. The summed E-state index contributed by atoms with van der Waals surface area (Å²) in [5, 5.41) is 1.56. The monoisotopic (exact) mass is 281 g/mol. The number of nitrogens with zero attached hydrogens (tertiary/aromatic N) is 1. The molecule has 2 rings (SSSR count). The minimum absolute atomic E-state index is 0.319. The van der Waals surface area contributed by atoms with Crippen molar-refractivity contribution in [1.29, 1.82) is 0 Å². The summed E-state index contributed by atoms with van der Waals surface area (Å²) < 4.78 is 0. The second kappa shape index (κ2) is 6.02. The van der Waals surface area contributed by atoms with Gasteiger partial charge in [-0.25, -0.2) is 5.84 Å². The van der Waals surface area contributed by atoms with Crippen molar-refractivity contribution in [1.82, 2.24) is 5.01 Å². The van der Waals surface area contributed by atoms with Crippen LogP contribution in [0.1, 0.15) is 18.1 Å². The lowest BCUT2D eigenvalue weighted by Gasteiger charge is -2.28. The summed E-state index contributed by atoms with van der Waals surface area (Å²) >= 11 is 0. The Morgan fingerprint density at radius 1 is 1.24 bits per heavy atom. The number of hydrogen-bond acceptors (Lipinski definition) is 3. The van der Waals surface area contributed by atoms with Gasteiger partial charge >= 0.3 is 0 Å². The molecule has 1 aliphatic rings. The zero-order valence-electron chi connectivity index (χ0n) is 12.8. The molecular weight excluding hydrogens is 258 g/mol. The maximum absolute atomic E-state index is 6.43. The number of likely N-dealkylation sites (N-methyl/N-ethyl adjacent to an activating group) is 1. The van der Waals surface area contributed by atoms with Gasteiger partial charge in [0.25, 0.3) is 0 Å². The van der Waals surface area contributed by atoms with Gasteiger partial charge < -0.3 is 10.7 Å². The van der Waals surface area contributed by atoms with Crippen molar-refractivity contribution in [2.45, 2.75) is 13.3 Å². The summed E-state index contributed by atoms with van der Waals surface area (Å²) in [4.78, 5) is 0. The first kappa shape index (κ1) is 15.1. The molecule has 1 aromatic carbocycles. The number of benzene rings is 1. The van der Waals surface area contributed by atoms with Gasteiger partial charge in [0.2, 0.25) is 0 Å². The van der Waals surface area contributed by atoms with Crippen molar-refractivity contribution in [3.05, 3.63) is 77.5 Å². The van der Waals surface area contributed by atoms with E-state index in [1.807, 2.05) is 30.4 Å². The molecule has 1 aliphatic carbocycles. The summed E-state index contributed by atoms with van der Waals surface area (Å²) in [7, 11) is 1.79. The van der Waals surface area contributed by atoms with Gasteiger partial charge in [-0.1, -0.05) is 56.5 Å². The summed E-state index contributed by atoms with van der Waals surface area (Å²) in [6.45, 7) is 10.1. The van der Waals surface area contributed by atoms with E-state index < -0.39 is 0 Å².